The fourth-order valence-corrected chi connectivity index (χ4v) is 3.36. The third-order valence-corrected chi connectivity index (χ3v) is 5.19. The van der Waals surface area contributed by atoms with Crippen LogP contribution in [0.5, 0.6) is 5.75 Å². The van der Waals surface area contributed by atoms with E-state index in [2.05, 4.69) is 43.1 Å². The highest BCUT2D eigenvalue weighted by Gasteiger charge is 2.02. The number of hydrogen-bond donors (Lipinski definition) is 0. The molecule has 0 amide bonds. The van der Waals surface area contributed by atoms with Gasteiger partial charge in [-0.3, -0.25) is 4.98 Å². The zero-order valence-corrected chi connectivity index (χ0v) is 18.5. The molecule has 0 aliphatic heterocycles. The van der Waals surface area contributed by atoms with Crippen LogP contribution in [0.2, 0.25) is 0 Å². The zero-order valence-electron chi connectivity index (χ0n) is 18.5. The molecule has 0 bridgehead atoms. The second kappa shape index (κ2) is 15.0. The first-order valence-corrected chi connectivity index (χ1v) is 11.6. The lowest BCUT2D eigenvalue weighted by atomic mass is 10.0. The third kappa shape index (κ3) is 9.94. The molecule has 2 aromatic rings. The van der Waals surface area contributed by atoms with Gasteiger partial charge in [0.2, 0.25) is 0 Å². The summed E-state index contributed by atoms with van der Waals surface area (Å²) in [6, 6.07) is 12.8. The van der Waals surface area contributed by atoms with Crippen molar-refractivity contribution in [1.82, 2.24) is 4.98 Å². The first kappa shape index (κ1) is 23.4. The molecule has 0 N–H and O–H groups in total. The van der Waals surface area contributed by atoms with Crippen molar-refractivity contribution in [2.24, 2.45) is 0 Å². The first-order valence-electron chi connectivity index (χ1n) is 11.6. The van der Waals surface area contributed by atoms with Gasteiger partial charge in [0.05, 0.1) is 18.5 Å². The zero-order chi connectivity index (χ0) is 20.6. The van der Waals surface area contributed by atoms with E-state index in [9.17, 15) is 0 Å². The van der Waals surface area contributed by atoms with E-state index in [1.165, 1.54) is 63.4 Å². The summed E-state index contributed by atoms with van der Waals surface area (Å²) in [6.07, 6.45) is 14.5. The smallest absolute Gasteiger partial charge is 0.137 e. The molecule has 0 unspecified atom stereocenters. The number of benzene rings is 1. The predicted molar refractivity (Wildman–Crippen MR) is 123 cm³/mol. The van der Waals surface area contributed by atoms with Crippen LogP contribution in [0.25, 0.3) is 11.3 Å². The van der Waals surface area contributed by atoms with Crippen LogP contribution >= 0.6 is 0 Å². The van der Waals surface area contributed by atoms with Crippen LogP contribution in [0.1, 0.15) is 77.2 Å². The predicted octanol–water partition coefficient (Wildman–Crippen LogP) is 7.24. The van der Waals surface area contributed by atoms with Crippen molar-refractivity contribution in [2.45, 2.75) is 78.1 Å². The molecule has 3 nitrogen and oxygen atoms in total. The fourth-order valence-electron chi connectivity index (χ4n) is 3.36. The molecular weight excluding hydrogens is 358 g/mol. The van der Waals surface area contributed by atoms with E-state index >= 15 is 0 Å². The minimum Gasteiger partial charge on any atom is -0.490 e. The van der Waals surface area contributed by atoms with Gasteiger partial charge in [-0.05, 0) is 37.0 Å². The monoisotopic (exact) mass is 397 g/mol. The Morgan fingerprint density at radius 1 is 0.690 bits per heavy atom. The molecule has 29 heavy (non-hydrogen) atoms. The molecule has 0 spiro atoms. The molecule has 0 aliphatic rings. The van der Waals surface area contributed by atoms with Crippen molar-refractivity contribution < 1.29 is 9.47 Å². The summed E-state index contributed by atoms with van der Waals surface area (Å²) in [5.41, 5.74) is 3.55. The average Bonchev–Trinajstić information content (AvgIpc) is 2.76. The molecule has 0 saturated carbocycles. The molecule has 0 radical (unpaired) electrons. The van der Waals surface area contributed by atoms with E-state index in [-0.39, 0.29) is 0 Å². The summed E-state index contributed by atoms with van der Waals surface area (Å²) in [5.74, 6) is 0.799. The van der Waals surface area contributed by atoms with Gasteiger partial charge in [0.1, 0.15) is 12.4 Å². The van der Waals surface area contributed by atoms with Crippen molar-refractivity contribution in [1.29, 1.82) is 0 Å². The van der Waals surface area contributed by atoms with Gasteiger partial charge >= 0.3 is 0 Å². The van der Waals surface area contributed by atoms with E-state index in [4.69, 9.17) is 9.47 Å². The van der Waals surface area contributed by atoms with Crippen LogP contribution in [0.4, 0.5) is 0 Å². The lowest BCUT2D eigenvalue weighted by Crippen LogP contribution is -2.07. The number of ether oxygens (including phenoxy) is 2. The van der Waals surface area contributed by atoms with Gasteiger partial charge in [-0.15, -0.1) is 0 Å². The largest absolute Gasteiger partial charge is 0.490 e. The maximum absolute atomic E-state index is 5.74. The Labute approximate surface area is 177 Å². The quantitative estimate of drug-likeness (QED) is 0.280. The number of nitrogens with zero attached hydrogens (tertiary/aromatic N) is 1. The minimum absolute atomic E-state index is 0.572. The van der Waals surface area contributed by atoms with Crippen LogP contribution in [-0.2, 0) is 11.2 Å². The fraction of sp³-hybridized carbons (Fsp3) is 0.577. The van der Waals surface area contributed by atoms with Crippen LogP contribution in [0.15, 0.2) is 42.6 Å². The van der Waals surface area contributed by atoms with Crippen molar-refractivity contribution in [2.75, 3.05) is 19.8 Å². The lowest BCUT2D eigenvalue weighted by Gasteiger charge is -2.08. The van der Waals surface area contributed by atoms with Crippen LogP contribution in [-0.4, -0.2) is 24.8 Å². The standard InChI is InChI=1S/C26H39NO2/c1-3-5-7-9-11-19-28-20-21-29-25-17-18-26(27-22-25)24-15-13-23(14-16-24)12-10-8-6-4-2/h13-18,22H,3-12,19-21H2,1-2H3. The SMILES string of the molecule is CCCCCCCOCCOc1ccc(-c2ccc(CCCCCC)cc2)nc1. The van der Waals surface area contributed by atoms with Crippen molar-refractivity contribution in [3.05, 3.63) is 48.2 Å². The van der Waals surface area contributed by atoms with E-state index < -0.39 is 0 Å². The van der Waals surface area contributed by atoms with Gasteiger partial charge in [-0.25, -0.2) is 0 Å². The van der Waals surface area contributed by atoms with Gasteiger partial charge in [-0.2, -0.15) is 0 Å². The molecule has 0 atom stereocenters. The second-order valence-electron chi connectivity index (χ2n) is 7.76. The first-order chi connectivity index (χ1) is 14.3. The number of aromatic nitrogens is 1. The topological polar surface area (TPSA) is 31.4 Å². The lowest BCUT2D eigenvalue weighted by molar-refractivity contribution is 0.0970. The summed E-state index contributed by atoms with van der Waals surface area (Å²) in [5, 5.41) is 0. The summed E-state index contributed by atoms with van der Waals surface area (Å²) in [7, 11) is 0. The molecular formula is C26H39NO2. The third-order valence-electron chi connectivity index (χ3n) is 5.19. The summed E-state index contributed by atoms with van der Waals surface area (Å²) in [6.45, 7) is 6.53. The molecule has 160 valence electrons. The Hall–Kier alpha value is -1.87. The highest BCUT2D eigenvalue weighted by atomic mass is 16.5. The van der Waals surface area contributed by atoms with Crippen LogP contribution in [0, 0.1) is 0 Å². The second-order valence-corrected chi connectivity index (χ2v) is 7.76. The van der Waals surface area contributed by atoms with E-state index in [0.29, 0.717) is 13.2 Å². The summed E-state index contributed by atoms with van der Waals surface area (Å²) >= 11 is 0. The summed E-state index contributed by atoms with van der Waals surface area (Å²) < 4.78 is 11.4. The Morgan fingerprint density at radius 2 is 1.41 bits per heavy atom. The molecule has 1 aromatic heterocycles. The Balaban J connectivity index is 1.65. The molecule has 2 rings (SSSR count). The number of aryl methyl sites for hydroxylation is 1. The Bertz CT molecular complexity index is 637. The maximum atomic E-state index is 5.74. The molecule has 0 aliphatic carbocycles. The summed E-state index contributed by atoms with van der Waals surface area (Å²) in [4.78, 5) is 4.56. The van der Waals surface area contributed by atoms with Crippen molar-refractivity contribution in [3.8, 4) is 17.0 Å². The number of unbranched alkanes of at least 4 members (excludes halogenated alkanes) is 7. The average molecular weight is 398 g/mol. The minimum atomic E-state index is 0.572. The Kier molecular flexibility index (Phi) is 12.1. The molecule has 3 heteroatoms. The van der Waals surface area contributed by atoms with E-state index in [0.717, 1.165) is 30.0 Å². The van der Waals surface area contributed by atoms with Crippen molar-refractivity contribution in [3.63, 3.8) is 0 Å². The van der Waals surface area contributed by atoms with Crippen molar-refractivity contribution >= 4 is 0 Å². The number of hydrogen-bond acceptors (Lipinski definition) is 3. The Morgan fingerprint density at radius 3 is 2.10 bits per heavy atom. The normalized spacial score (nSPS) is 11.0. The number of rotatable bonds is 16. The molecule has 0 saturated heterocycles. The van der Waals surface area contributed by atoms with Gasteiger partial charge in [0.25, 0.3) is 0 Å². The maximum Gasteiger partial charge on any atom is 0.137 e. The molecule has 1 heterocycles. The van der Waals surface area contributed by atoms with Gasteiger partial charge in [0.15, 0.2) is 0 Å². The van der Waals surface area contributed by atoms with Gasteiger partial charge in [-0.1, -0.05) is 83.1 Å². The van der Waals surface area contributed by atoms with E-state index in [1.807, 2.05) is 12.1 Å². The molecule has 0 fully saturated rings. The van der Waals surface area contributed by atoms with Crippen LogP contribution < -0.4 is 4.74 Å². The molecule has 1 aromatic carbocycles. The number of pyridine rings is 1. The highest BCUT2D eigenvalue weighted by molar-refractivity contribution is 5.59. The van der Waals surface area contributed by atoms with Gasteiger partial charge in [0, 0.05) is 12.2 Å². The van der Waals surface area contributed by atoms with Gasteiger partial charge < -0.3 is 9.47 Å². The highest BCUT2D eigenvalue weighted by Crippen LogP contribution is 2.21. The van der Waals surface area contributed by atoms with Crippen LogP contribution in [0.3, 0.4) is 0 Å². The van der Waals surface area contributed by atoms with E-state index in [1.54, 1.807) is 6.20 Å².